The van der Waals surface area contributed by atoms with Gasteiger partial charge in [-0.25, -0.2) is 9.59 Å². The number of rotatable bonds is 6. The monoisotopic (exact) mass is 360 g/mol. The maximum atomic E-state index is 11.9. The highest BCUT2D eigenvalue weighted by Crippen LogP contribution is 2.24. The van der Waals surface area contributed by atoms with Crippen LogP contribution in [-0.4, -0.2) is 55.8 Å². The van der Waals surface area contributed by atoms with Crippen molar-refractivity contribution < 1.29 is 29.4 Å². The number of amides is 2. The number of carboxylic acids is 2. The van der Waals surface area contributed by atoms with E-state index >= 15 is 0 Å². The third-order valence-electron chi connectivity index (χ3n) is 4.96. The molecule has 0 bridgehead atoms. The third-order valence-corrected chi connectivity index (χ3v) is 4.96. The van der Waals surface area contributed by atoms with Crippen LogP contribution in [-0.2, 0) is 32.3 Å². The largest absolute Gasteiger partial charge is 0.480 e. The molecule has 0 spiro atoms. The van der Waals surface area contributed by atoms with Gasteiger partial charge in [0.05, 0.1) is 0 Å². The molecule has 2 amide bonds. The number of carbonyl (C=O) groups excluding carboxylic acids is 2. The molecule has 2 N–H and O–H groups in total. The summed E-state index contributed by atoms with van der Waals surface area (Å²) in [6.07, 6.45) is 1.12. The SMILES string of the molecule is O=C(O)[C@@H]1CCC(=O)N1Cc1ccc(CN2C(=O)CC[C@H]2C(=O)O)cc1. The number of carboxylic acid groups (broad SMARTS) is 2. The average molecular weight is 360 g/mol. The molecular weight excluding hydrogens is 340 g/mol. The van der Waals surface area contributed by atoms with Crippen molar-refractivity contribution in [3.63, 3.8) is 0 Å². The Labute approximate surface area is 150 Å². The maximum Gasteiger partial charge on any atom is 0.326 e. The summed E-state index contributed by atoms with van der Waals surface area (Å²) in [6, 6.07) is 5.51. The summed E-state index contributed by atoms with van der Waals surface area (Å²) in [5, 5.41) is 18.4. The second-order valence-corrected chi connectivity index (χ2v) is 6.65. The molecule has 8 nitrogen and oxygen atoms in total. The molecule has 8 heteroatoms. The fraction of sp³-hybridized carbons (Fsp3) is 0.444. The van der Waals surface area contributed by atoms with E-state index in [0.29, 0.717) is 12.8 Å². The van der Waals surface area contributed by atoms with Crippen LogP contribution < -0.4 is 0 Å². The summed E-state index contributed by atoms with van der Waals surface area (Å²) in [5.41, 5.74) is 1.58. The van der Waals surface area contributed by atoms with E-state index in [-0.39, 0.29) is 37.7 Å². The van der Waals surface area contributed by atoms with Gasteiger partial charge in [0.2, 0.25) is 11.8 Å². The van der Waals surface area contributed by atoms with Crippen molar-refractivity contribution in [2.75, 3.05) is 0 Å². The molecule has 2 fully saturated rings. The van der Waals surface area contributed by atoms with Gasteiger partial charge in [-0.05, 0) is 24.0 Å². The first-order valence-corrected chi connectivity index (χ1v) is 8.49. The molecule has 2 aliphatic rings. The zero-order valence-electron chi connectivity index (χ0n) is 14.1. The van der Waals surface area contributed by atoms with Gasteiger partial charge >= 0.3 is 11.9 Å². The normalized spacial score (nSPS) is 22.9. The first kappa shape index (κ1) is 17.9. The van der Waals surface area contributed by atoms with E-state index in [1.54, 1.807) is 24.3 Å². The number of likely N-dealkylation sites (tertiary alicyclic amines) is 2. The molecular formula is C18H20N2O6. The van der Waals surface area contributed by atoms with Crippen LogP contribution in [0.15, 0.2) is 24.3 Å². The van der Waals surface area contributed by atoms with Crippen molar-refractivity contribution in [3.05, 3.63) is 35.4 Å². The van der Waals surface area contributed by atoms with Crippen LogP contribution in [0.25, 0.3) is 0 Å². The first-order chi connectivity index (χ1) is 12.4. The minimum absolute atomic E-state index is 0.173. The summed E-state index contributed by atoms with van der Waals surface area (Å²) < 4.78 is 0. The van der Waals surface area contributed by atoms with E-state index < -0.39 is 24.0 Å². The van der Waals surface area contributed by atoms with Crippen LogP contribution in [0, 0.1) is 0 Å². The quantitative estimate of drug-likeness (QED) is 0.777. The van der Waals surface area contributed by atoms with Gasteiger partial charge in [0.1, 0.15) is 12.1 Å². The van der Waals surface area contributed by atoms with Crippen LogP contribution in [0.4, 0.5) is 0 Å². The number of hydrogen-bond acceptors (Lipinski definition) is 4. The first-order valence-electron chi connectivity index (χ1n) is 8.49. The zero-order valence-corrected chi connectivity index (χ0v) is 14.1. The summed E-state index contributed by atoms with van der Waals surface area (Å²) >= 11 is 0. The van der Waals surface area contributed by atoms with Gasteiger partial charge in [0.25, 0.3) is 0 Å². The Kier molecular flexibility index (Phi) is 4.92. The van der Waals surface area contributed by atoms with Crippen molar-refractivity contribution in [3.8, 4) is 0 Å². The van der Waals surface area contributed by atoms with Gasteiger partial charge in [0.15, 0.2) is 0 Å². The summed E-state index contributed by atoms with van der Waals surface area (Å²) in [6.45, 7) is 0.437. The van der Waals surface area contributed by atoms with Gasteiger partial charge in [-0.15, -0.1) is 0 Å². The number of hydrogen-bond donors (Lipinski definition) is 2. The van der Waals surface area contributed by atoms with Crippen LogP contribution in [0.3, 0.4) is 0 Å². The topological polar surface area (TPSA) is 115 Å². The molecule has 2 atom stereocenters. The Balaban J connectivity index is 1.67. The van der Waals surface area contributed by atoms with Crippen molar-refractivity contribution in [1.29, 1.82) is 0 Å². The summed E-state index contributed by atoms with van der Waals surface area (Å²) in [4.78, 5) is 49.0. The molecule has 3 rings (SSSR count). The Bertz CT molecular complexity index is 682. The molecule has 1 aromatic rings. The van der Waals surface area contributed by atoms with Crippen molar-refractivity contribution in [2.45, 2.75) is 50.9 Å². The number of benzene rings is 1. The van der Waals surface area contributed by atoms with Crippen molar-refractivity contribution >= 4 is 23.8 Å². The number of carbonyl (C=O) groups is 4. The van der Waals surface area contributed by atoms with Crippen molar-refractivity contribution in [2.24, 2.45) is 0 Å². The Morgan fingerprint density at radius 2 is 1.15 bits per heavy atom. The predicted octanol–water partition coefficient (Wildman–Crippen LogP) is 0.838. The minimum atomic E-state index is -1.00. The van der Waals surface area contributed by atoms with Crippen LogP contribution >= 0.6 is 0 Å². The molecule has 26 heavy (non-hydrogen) atoms. The molecule has 0 unspecified atom stereocenters. The highest BCUT2D eigenvalue weighted by molar-refractivity contribution is 5.88. The van der Waals surface area contributed by atoms with E-state index in [9.17, 15) is 29.4 Å². The maximum absolute atomic E-state index is 11.9. The summed E-state index contributed by atoms with van der Waals surface area (Å²) in [5.74, 6) is -2.35. The van der Waals surface area contributed by atoms with E-state index in [0.717, 1.165) is 11.1 Å². The minimum Gasteiger partial charge on any atom is -0.480 e. The van der Waals surface area contributed by atoms with Crippen LogP contribution in [0.5, 0.6) is 0 Å². The molecule has 2 saturated heterocycles. The van der Waals surface area contributed by atoms with Gasteiger partial charge in [-0.3, -0.25) is 9.59 Å². The molecule has 0 radical (unpaired) electrons. The second kappa shape index (κ2) is 7.15. The molecule has 138 valence electrons. The van der Waals surface area contributed by atoms with Gasteiger partial charge in [-0.2, -0.15) is 0 Å². The molecule has 0 saturated carbocycles. The third kappa shape index (κ3) is 3.54. The lowest BCUT2D eigenvalue weighted by Gasteiger charge is -2.23. The fourth-order valence-corrected chi connectivity index (χ4v) is 3.52. The smallest absolute Gasteiger partial charge is 0.326 e. The fourth-order valence-electron chi connectivity index (χ4n) is 3.52. The molecule has 2 aliphatic heterocycles. The molecule has 1 aromatic carbocycles. The Hall–Kier alpha value is -2.90. The van der Waals surface area contributed by atoms with Crippen LogP contribution in [0.2, 0.25) is 0 Å². The average Bonchev–Trinajstić information content (AvgIpc) is 3.13. The second-order valence-electron chi connectivity index (χ2n) is 6.65. The molecule has 0 aromatic heterocycles. The van der Waals surface area contributed by atoms with E-state index in [1.165, 1.54) is 9.80 Å². The lowest BCUT2D eigenvalue weighted by Crippen LogP contribution is -2.38. The summed E-state index contributed by atoms with van der Waals surface area (Å²) in [7, 11) is 0. The zero-order chi connectivity index (χ0) is 18.8. The van der Waals surface area contributed by atoms with E-state index in [1.807, 2.05) is 0 Å². The molecule has 2 heterocycles. The number of aliphatic carboxylic acids is 2. The highest BCUT2D eigenvalue weighted by Gasteiger charge is 2.37. The van der Waals surface area contributed by atoms with Crippen LogP contribution in [0.1, 0.15) is 36.8 Å². The standard InChI is InChI=1S/C18H20N2O6/c21-15-7-5-13(17(23)24)19(15)9-11-1-2-12(4-3-11)10-20-14(18(25)26)6-8-16(20)22/h1-4,13-14H,5-10H2,(H,23,24)(H,25,26)/t13-,14-/m0/s1. The van der Waals surface area contributed by atoms with E-state index in [2.05, 4.69) is 0 Å². The lowest BCUT2D eigenvalue weighted by atomic mass is 10.1. The van der Waals surface area contributed by atoms with E-state index in [4.69, 9.17) is 0 Å². The predicted molar refractivity (Wildman–Crippen MR) is 88.9 cm³/mol. The lowest BCUT2D eigenvalue weighted by molar-refractivity contribution is -0.146. The van der Waals surface area contributed by atoms with Gasteiger partial charge < -0.3 is 20.0 Å². The van der Waals surface area contributed by atoms with Gasteiger partial charge in [-0.1, -0.05) is 24.3 Å². The van der Waals surface area contributed by atoms with Gasteiger partial charge in [0, 0.05) is 25.9 Å². The number of nitrogens with zero attached hydrogens (tertiary/aromatic N) is 2. The highest BCUT2D eigenvalue weighted by atomic mass is 16.4. The van der Waals surface area contributed by atoms with Crippen molar-refractivity contribution in [1.82, 2.24) is 9.80 Å². The Morgan fingerprint density at radius 3 is 1.46 bits per heavy atom. The molecule has 0 aliphatic carbocycles. The Morgan fingerprint density at radius 1 is 0.808 bits per heavy atom.